The van der Waals surface area contributed by atoms with E-state index in [2.05, 4.69) is 25.7 Å². The van der Waals surface area contributed by atoms with E-state index >= 15 is 0 Å². The van der Waals surface area contributed by atoms with Crippen molar-refractivity contribution in [2.75, 3.05) is 36.0 Å². The molecule has 0 radical (unpaired) electrons. The predicted molar refractivity (Wildman–Crippen MR) is 137 cm³/mol. The third-order valence-electron chi connectivity index (χ3n) is 6.03. The van der Waals surface area contributed by atoms with Gasteiger partial charge in [-0.25, -0.2) is 31.7 Å². The lowest BCUT2D eigenvalue weighted by molar-refractivity contribution is 0.579. The van der Waals surface area contributed by atoms with Gasteiger partial charge in [0.2, 0.25) is 20.0 Å². The maximum absolute atomic E-state index is 13.0. The smallest absolute Gasteiger partial charge is 0.240 e. The molecule has 0 spiro atoms. The van der Waals surface area contributed by atoms with Crippen LogP contribution in [0.5, 0.6) is 0 Å². The number of aryl methyl sites for hydroxylation is 1. The molecule has 3 N–H and O–H groups in total. The summed E-state index contributed by atoms with van der Waals surface area (Å²) in [5.74, 6) is 0. The van der Waals surface area contributed by atoms with Crippen LogP contribution in [0.3, 0.4) is 0 Å². The molecule has 37 heavy (non-hydrogen) atoms. The van der Waals surface area contributed by atoms with E-state index in [9.17, 15) is 22.1 Å². The topological polar surface area (TPSA) is 175 Å². The van der Waals surface area contributed by atoms with E-state index in [1.165, 1.54) is 24.5 Å². The maximum atomic E-state index is 13.0. The molecule has 0 aliphatic carbocycles. The number of nitrogens with one attached hydrogen (secondary N) is 1. The van der Waals surface area contributed by atoms with Crippen LogP contribution in [0.25, 0.3) is 0 Å². The van der Waals surface area contributed by atoms with Crippen LogP contribution in [-0.4, -0.2) is 58.0 Å². The van der Waals surface area contributed by atoms with Crippen molar-refractivity contribution < 1.29 is 16.8 Å². The molecule has 0 bridgehead atoms. The Labute approximate surface area is 215 Å². The second kappa shape index (κ2) is 10.8. The molecule has 1 aromatic carbocycles. The normalized spacial score (nSPS) is 14.4. The summed E-state index contributed by atoms with van der Waals surface area (Å²) >= 11 is 0. The van der Waals surface area contributed by atoms with Crippen molar-refractivity contribution in [3.63, 3.8) is 0 Å². The van der Waals surface area contributed by atoms with Gasteiger partial charge in [-0.1, -0.05) is 6.92 Å². The zero-order chi connectivity index (χ0) is 26.6. The number of nitriles is 1. The standard InChI is InChI=1S/C23H26N8O4S2/c1-2-18-20(28-9-8-27-18)16-29-37(34,35)17-5-6-22(23(14-17)36(25,32)33)31-12-10-30(11-13-31)21-4-3-7-26-19(21)15-24/h3-9,14,29H,2,10-13,16H2,1H3,(H2,25,32,33). The van der Waals surface area contributed by atoms with Crippen LogP contribution in [-0.2, 0) is 33.0 Å². The summed E-state index contributed by atoms with van der Waals surface area (Å²) in [5.41, 5.74) is 2.49. The minimum Gasteiger partial charge on any atom is -0.367 e. The predicted octanol–water partition coefficient (Wildman–Crippen LogP) is 0.758. The van der Waals surface area contributed by atoms with Crippen LogP contribution in [0.1, 0.15) is 24.0 Å². The van der Waals surface area contributed by atoms with Crippen molar-refractivity contribution in [2.24, 2.45) is 5.14 Å². The monoisotopic (exact) mass is 542 g/mol. The van der Waals surface area contributed by atoms with E-state index in [1.807, 2.05) is 22.8 Å². The Hall–Kier alpha value is -3.64. The molecular weight excluding hydrogens is 516 g/mol. The van der Waals surface area contributed by atoms with Gasteiger partial charge in [0.05, 0.1) is 34.2 Å². The molecule has 3 aromatic rings. The van der Waals surface area contributed by atoms with Gasteiger partial charge >= 0.3 is 0 Å². The van der Waals surface area contributed by atoms with Gasteiger partial charge in [-0.3, -0.25) is 9.97 Å². The molecule has 1 fully saturated rings. The van der Waals surface area contributed by atoms with Gasteiger partial charge in [0.15, 0.2) is 5.69 Å². The number of primary sulfonamides is 1. The summed E-state index contributed by atoms with van der Waals surface area (Å²) in [6, 6.07) is 9.53. The Morgan fingerprint density at radius 2 is 1.59 bits per heavy atom. The van der Waals surface area contributed by atoms with E-state index in [0.29, 0.717) is 61.1 Å². The fourth-order valence-electron chi connectivity index (χ4n) is 4.16. The zero-order valence-corrected chi connectivity index (χ0v) is 21.7. The molecular formula is C23H26N8O4S2. The Bertz CT molecular complexity index is 1550. The van der Waals surface area contributed by atoms with Crippen LogP contribution in [0.4, 0.5) is 11.4 Å². The summed E-state index contributed by atoms with van der Waals surface area (Å²) in [5, 5.41) is 14.8. The Morgan fingerprint density at radius 1 is 0.946 bits per heavy atom. The largest absolute Gasteiger partial charge is 0.367 e. The molecule has 1 saturated heterocycles. The number of hydrogen-bond acceptors (Lipinski definition) is 10. The summed E-state index contributed by atoms with van der Waals surface area (Å²) < 4.78 is 53.4. The lowest BCUT2D eigenvalue weighted by Gasteiger charge is -2.38. The highest BCUT2D eigenvalue weighted by molar-refractivity contribution is 7.90. The number of hydrogen-bond donors (Lipinski definition) is 2. The van der Waals surface area contributed by atoms with Gasteiger partial charge in [0.25, 0.3) is 0 Å². The van der Waals surface area contributed by atoms with E-state index in [1.54, 1.807) is 12.3 Å². The number of piperazine rings is 1. The number of anilines is 2. The van der Waals surface area contributed by atoms with E-state index in [4.69, 9.17) is 5.14 Å². The molecule has 194 valence electrons. The summed E-state index contributed by atoms with van der Waals surface area (Å²) in [7, 11) is -8.31. The molecule has 1 aliphatic heterocycles. The first-order chi connectivity index (χ1) is 17.6. The molecule has 2 aromatic heterocycles. The first-order valence-corrected chi connectivity index (χ1v) is 14.5. The van der Waals surface area contributed by atoms with Crippen molar-refractivity contribution in [3.8, 4) is 6.07 Å². The summed E-state index contributed by atoms with van der Waals surface area (Å²) in [6.07, 6.45) is 5.15. The van der Waals surface area contributed by atoms with Crippen LogP contribution in [0, 0.1) is 11.3 Å². The van der Waals surface area contributed by atoms with Crippen LogP contribution in [0.2, 0.25) is 0 Å². The Balaban J connectivity index is 1.56. The van der Waals surface area contributed by atoms with Gasteiger partial charge in [0.1, 0.15) is 11.0 Å². The molecule has 1 aliphatic rings. The molecule has 0 saturated carbocycles. The Morgan fingerprint density at radius 3 is 2.22 bits per heavy atom. The molecule has 0 amide bonds. The van der Waals surface area contributed by atoms with Crippen molar-refractivity contribution in [2.45, 2.75) is 29.7 Å². The molecule has 12 nitrogen and oxygen atoms in total. The van der Waals surface area contributed by atoms with Crippen LogP contribution >= 0.6 is 0 Å². The van der Waals surface area contributed by atoms with E-state index < -0.39 is 20.0 Å². The number of rotatable bonds is 8. The fraction of sp³-hybridized carbons (Fsp3) is 0.304. The van der Waals surface area contributed by atoms with Crippen LogP contribution in [0.15, 0.2) is 58.7 Å². The molecule has 0 unspecified atom stereocenters. The molecule has 14 heteroatoms. The molecule has 4 rings (SSSR count). The average Bonchev–Trinajstić information content (AvgIpc) is 2.91. The van der Waals surface area contributed by atoms with E-state index in [0.717, 1.165) is 6.07 Å². The van der Waals surface area contributed by atoms with Gasteiger partial charge in [-0.15, -0.1) is 0 Å². The SMILES string of the molecule is CCc1nccnc1CNS(=O)(=O)c1ccc(N2CCN(c3cccnc3C#N)CC2)c(S(N)(=O)=O)c1. The second-order valence-electron chi connectivity index (χ2n) is 8.26. The maximum Gasteiger partial charge on any atom is 0.240 e. The Kier molecular flexibility index (Phi) is 7.69. The van der Waals surface area contributed by atoms with Gasteiger partial charge in [-0.05, 0) is 36.8 Å². The third kappa shape index (κ3) is 5.86. The lowest BCUT2D eigenvalue weighted by Crippen LogP contribution is -2.47. The average molecular weight is 543 g/mol. The summed E-state index contributed by atoms with van der Waals surface area (Å²) in [4.78, 5) is 15.8. The van der Waals surface area contributed by atoms with Crippen molar-refractivity contribution >= 4 is 31.4 Å². The van der Waals surface area contributed by atoms with Gasteiger partial charge < -0.3 is 9.80 Å². The number of nitrogens with two attached hydrogens (primary N) is 1. The minimum atomic E-state index is -4.24. The highest BCUT2D eigenvalue weighted by atomic mass is 32.2. The lowest BCUT2D eigenvalue weighted by atomic mass is 10.2. The second-order valence-corrected chi connectivity index (χ2v) is 11.6. The zero-order valence-electron chi connectivity index (χ0n) is 20.1. The minimum absolute atomic E-state index is 0.0905. The fourth-order valence-corrected chi connectivity index (χ4v) is 6.03. The van der Waals surface area contributed by atoms with Crippen LogP contribution < -0.4 is 19.7 Å². The van der Waals surface area contributed by atoms with Gasteiger partial charge in [-0.2, -0.15) is 5.26 Å². The summed E-state index contributed by atoms with van der Waals surface area (Å²) in [6.45, 7) is 3.66. The third-order valence-corrected chi connectivity index (χ3v) is 8.37. The van der Waals surface area contributed by atoms with Crippen molar-refractivity contribution in [1.29, 1.82) is 5.26 Å². The van der Waals surface area contributed by atoms with Crippen molar-refractivity contribution in [3.05, 3.63) is 66.0 Å². The highest BCUT2D eigenvalue weighted by Crippen LogP contribution is 2.29. The number of benzene rings is 1. The molecule has 3 heterocycles. The molecule has 0 atom stereocenters. The first kappa shape index (κ1) is 26.4. The van der Waals surface area contributed by atoms with Gasteiger partial charge in [0, 0.05) is 44.8 Å². The number of pyridine rings is 1. The number of nitrogens with zero attached hydrogens (tertiary/aromatic N) is 6. The van der Waals surface area contributed by atoms with E-state index in [-0.39, 0.29) is 16.3 Å². The first-order valence-electron chi connectivity index (χ1n) is 11.4. The number of aromatic nitrogens is 3. The highest BCUT2D eigenvalue weighted by Gasteiger charge is 2.27. The quantitative estimate of drug-likeness (QED) is 0.413. The van der Waals surface area contributed by atoms with Crippen molar-refractivity contribution in [1.82, 2.24) is 19.7 Å². The number of sulfonamides is 2.